The van der Waals surface area contributed by atoms with Gasteiger partial charge in [-0.1, -0.05) is 0 Å². The highest BCUT2D eigenvalue weighted by Crippen LogP contribution is 2.33. The van der Waals surface area contributed by atoms with Crippen LogP contribution in [-0.4, -0.2) is 55.4 Å². The van der Waals surface area contributed by atoms with Crippen LogP contribution in [-0.2, 0) is 4.74 Å². The zero-order valence-electron chi connectivity index (χ0n) is 14.9. The highest BCUT2D eigenvalue weighted by atomic mass is 16.6. The van der Waals surface area contributed by atoms with Crippen LogP contribution in [0, 0.1) is 0 Å². The van der Waals surface area contributed by atoms with E-state index in [2.05, 4.69) is 20.6 Å². The Kier molecular flexibility index (Phi) is 5.89. The monoisotopic (exact) mass is 374 g/mol. The van der Waals surface area contributed by atoms with Gasteiger partial charge in [0.15, 0.2) is 11.5 Å². The number of rotatable bonds is 8. The molecule has 27 heavy (non-hydrogen) atoms. The number of nitrogens with two attached hydrogens (primary N) is 2. The summed E-state index contributed by atoms with van der Waals surface area (Å²) in [6.45, 7) is 1.80. The lowest BCUT2D eigenvalue weighted by atomic mass is 10.2. The smallest absolute Gasteiger partial charge is 0.254 e. The Morgan fingerprint density at radius 1 is 1.33 bits per heavy atom. The molecular weight excluding hydrogens is 352 g/mol. The highest BCUT2D eigenvalue weighted by molar-refractivity contribution is 5.98. The number of fused-ring (bicyclic) bond motifs is 1. The molecule has 2 heterocycles. The van der Waals surface area contributed by atoms with E-state index in [1.807, 2.05) is 0 Å². The van der Waals surface area contributed by atoms with Crippen molar-refractivity contribution in [2.24, 2.45) is 11.5 Å². The van der Waals surface area contributed by atoms with Crippen LogP contribution in [0.15, 0.2) is 24.4 Å². The fourth-order valence-electron chi connectivity index (χ4n) is 2.50. The highest BCUT2D eigenvalue weighted by Gasteiger charge is 2.16. The minimum atomic E-state index is -0.641. The molecule has 1 atom stereocenters. The quantitative estimate of drug-likeness (QED) is 0.518. The van der Waals surface area contributed by atoms with Crippen molar-refractivity contribution in [3.8, 4) is 11.5 Å². The molecule has 0 aliphatic carbocycles. The number of methoxy groups -OCH3 is 1. The van der Waals surface area contributed by atoms with Gasteiger partial charge in [0.25, 0.3) is 5.91 Å². The summed E-state index contributed by atoms with van der Waals surface area (Å²) >= 11 is 0. The second kappa shape index (κ2) is 8.52. The molecule has 6 N–H and O–H groups in total. The van der Waals surface area contributed by atoms with E-state index in [1.165, 1.54) is 6.20 Å². The van der Waals surface area contributed by atoms with Crippen molar-refractivity contribution in [3.63, 3.8) is 0 Å². The van der Waals surface area contributed by atoms with Gasteiger partial charge in [0.05, 0.1) is 6.61 Å². The first-order valence-corrected chi connectivity index (χ1v) is 8.38. The Labute approximate surface area is 156 Å². The number of hydrogen-bond acceptors (Lipinski definition) is 9. The fraction of sp³-hybridized carbons (Fsp3) is 0.353. The Hall–Kier alpha value is -3.11. The minimum Gasteiger partial charge on any atom is -0.486 e. The first-order chi connectivity index (χ1) is 13.1. The molecule has 0 bridgehead atoms. The number of aromatic nitrogens is 2. The van der Waals surface area contributed by atoms with Crippen LogP contribution in [0.25, 0.3) is 0 Å². The first kappa shape index (κ1) is 18.7. The van der Waals surface area contributed by atoms with Crippen LogP contribution in [0.2, 0.25) is 0 Å². The number of carbonyl (C=O) groups is 1. The third-order valence-corrected chi connectivity index (χ3v) is 3.76. The molecule has 1 amide bonds. The van der Waals surface area contributed by atoms with Crippen molar-refractivity contribution in [2.75, 3.05) is 44.1 Å². The second-order valence-corrected chi connectivity index (χ2v) is 5.90. The fourth-order valence-corrected chi connectivity index (χ4v) is 2.50. The van der Waals surface area contributed by atoms with Gasteiger partial charge in [-0.2, -0.15) is 4.98 Å². The van der Waals surface area contributed by atoms with E-state index >= 15 is 0 Å². The number of carbonyl (C=O) groups excluding carboxylic acids is 1. The number of nitrogens with zero attached hydrogens (tertiary/aromatic N) is 2. The Balaban J connectivity index is 1.79. The summed E-state index contributed by atoms with van der Waals surface area (Å²) in [4.78, 5) is 20.1. The van der Waals surface area contributed by atoms with E-state index in [0.717, 1.165) is 0 Å². The lowest BCUT2D eigenvalue weighted by Gasteiger charge is -2.19. The topological polar surface area (TPSA) is 147 Å². The molecular formula is C17H22N6O4. The molecule has 0 spiro atoms. The average Bonchev–Trinajstić information content (AvgIpc) is 2.66. The van der Waals surface area contributed by atoms with Crippen LogP contribution < -0.4 is 31.6 Å². The average molecular weight is 374 g/mol. The van der Waals surface area contributed by atoms with Crippen molar-refractivity contribution < 1.29 is 19.0 Å². The summed E-state index contributed by atoms with van der Waals surface area (Å²) in [5.41, 5.74) is 12.1. The van der Waals surface area contributed by atoms with Crippen molar-refractivity contribution in [3.05, 3.63) is 30.0 Å². The zero-order valence-corrected chi connectivity index (χ0v) is 14.9. The molecule has 0 fully saturated rings. The van der Waals surface area contributed by atoms with E-state index in [4.69, 9.17) is 25.7 Å². The second-order valence-electron chi connectivity index (χ2n) is 5.90. The lowest BCUT2D eigenvalue weighted by Crippen LogP contribution is -2.33. The first-order valence-electron chi connectivity index (χ1n) is 8.38. The third-order valence-electron chi connectivity index (χ3n) is 3.76. The van der Waals surface area contributed by atoms with E-state index in [0.29, 0.717) is 49.5 Å². The molecule has 0 saturated heterocycles. The van der Waals surface area contributed by atoms with Gasteiger partial charge < -0.3 is 36.3 Å². The maximum absolute atomic E-state index is 11.7. The molecule has 144 valence electrons. The predicted molar refractivity (Wildman–Crippen MR) is 99.6 cm³/mol. The minimum absolute atomic E-state index is 0.164. The van der Waals surface area contributed by atoms with Gasteiger partial charge in [-0.3, -0.25) is 4.79 Å². The van der Waals surface area contributed by atoms with Gasteiger partial charge in [-0.15, -0.1) is 0 Å². The number of amides is 1. The number of nitrogens with one attached hydrogen (secondary N) is 2. The SMILES string of the molecule is COC[C@H](N)CNc1ncc(C(N)=O)c(Nc2ccc3c(c2)OCCO3)n1. The summed E-state index contributed by atoms with van der Waals surface area (Å²) in [7, 11) is 1.58. The van der Waals surface area contributed by atoms with E-state index < -0.39 is 5.91 Å². The normalized spacial score (nSPS) is 13.7. The molecule has 0 radical (unpaired) electrons. The summed E-state index contributed by atoms with van der Waals surface area (Å²) in [5, 5.41) is 6.08. The van der Waals surface area contributed by atoms with Gasteiger partial charge in [0.2, 0.25) is 5.95 Å². The number of anilines is 3. The Bertz CT molecular complexity index is 816. The van der Waals surface area contributed by atoms with E-state index in [1.54, 1.807) is 25.3 Å². The molecule has 1 aromatic heterocycles. The van der Waals surface area contributed by atoms with Crippen LogP contribution in [0.3, 0.4) is 0 Å². The van der Waals surface area contributed by atoms with Gasteiger partial charge in [0, 0.05) is 37.6 Å². The maximum Gasteiger partial charge on any atom is 0.254 e. The number of hydrogen-bond donors (Lipinski definition) is 4. The summed E-state index contributed by atoms with van der Waals surface area (Å²) in [6.07, 6.45) is 1.36. The van der Waals surface area contributed by atoms with E-state index in [9.17, 15) is 4.79 Å². The van der Waals surface area contributed by atoms with Crippen LogP contribution in [0.1, 0.15) is 10.4 Å². The number of ether oxygens (including phenoxy) is 3. The molecule has 0 unspecified atom stereocenters. The van der Waals surface area contributed by atoms with Crippen LogP contribution in [0.5, 0.6) is 11.5 Å². The number of primary amides is 1. The molecule has 10 nitrogen and oxygen atoms in total. The predicted octanol–water partition coefficient (Wildman–Crippen LogP) is 0.476. The largest absolute Gasteiger partial charge is 0.486 e. The van der Waals surface area contributed by atoms with Crippen LogP contribution >= 0.6 is 0 Å². The van der Waals surface area contributed by atoms with Crippen molar-refractivity contribution in [1.82, 2.24) is 9.97 Å². The number of benzene rings is 1. The molecule has 10 heteroatoms. The van der Waals surface area contributed by atoms with Gasteiger partial charge in [-0.25, -0.2) is 4.98 Å². The summed E-state index contributed by atoms with van der Waals surface area (Å²) in [6, 6.07) is 5.12. The van der Waals surface area contributed by atoms with Gasteiger partial charge >= 0.3 is 0 Å². The van der Waals surface area contributed by atoms with Gasteiger partial charge in [0.1, 0.15) is 24.6 Å². The molecule has 1 aliphatic heterocycles. The van der Waals surface area contributed by atoms with Crippen molar-refractivity contribution >= 4 is 23.4 Å². The molecule has 1 aliphatic rings. The molecule has 2 aromatic rings. The standard InChI is InChI=1S/C17H22N6O4/c1-25-9-10(18)7-20-17-21-8-12(15(19)24)16(23-17)22-11-2-3-13-14(6-11)27-5-4-26-13/h2-3,6,8,10H,4-5,7,9,18H2,1H3,(H2,19,24)(H2,20,21,22,23)/t10-/m1/s1. The zero-order chi connectivity index (χ0) is 19.2. The van der Waals surface area contributed by atoms with E-state index in [-0.39, 0.29) is 17.4 Å². The molecule has 0 saturated carbocycles. The molecule has 1 aromatic carbocycles. The third kappa shape index (κ3) is 4.74. The van der Waals surface area contributed by atoms with Gasteiger partial charge in [-0.05, 0) is 12.1 Å². The van der Waals surface area contributed by atoms with Crippen LogP contribution in [0.4, 0.5) is 17.5 Å². The summed E-state index contributed by atoms with van der Waals surface area (Å²) < 4.78 is 16.1. The maximum atomic E-state index is 11.7. The summed E-state index contributed by atoms with van der Waals surface area (Å²) in [5.74, 6) is 1.23. The lowest BCUT2D eigenvalue weighted by molar-refractivity contribution is 0.100. The molecule has 3 rings (SSSR count). The Morgan fingerprint density at radius 3 is 2.85 bits per heavy atom. The Morgan fingerprint density at radius 2 is 2.11 bits per heavy atom. The van der Waals surface area contributed by atoms with Crippen molar-refractivity contribution in [1.29, 1.82) is 0 Å². The van der Waals surface area contributed by atoms with Crippen molar-refractivity contribution in [2.45, 2.75) is 6.04 Å².